The van der Waals surface area contributed by atoms with Crippen LogP contribution in [0.5, 0.6) is 0 Å². The molecule has 0 aromatic carbocycles. The molecule has 1 aliphatic rings. The Morgan fingerprint density at radius 3 is 2.77 bits per heavy atom. The number of aryl methyl sites for hydroxylation is 1. The quantitative estimate of drug-likeness (QED) is 0.761. The molecule has 1 fully saturated rings. The van der Waals surface area contributed by atoms with Crippen molar-refractivity contribution in [3.63, 3.8) is 0 Å². The van der Waals surface area contributed by atoms with E-state index in [0.717, 1.165) is 25.1 Å². The average Bonchev–Trinajstić information content (AvgIpc) is 2.79. The van der Waals surface area contributed by atoms with Gasteiger partial charge >= 0.3 is 0 Å². The number of nitrogens with zero attached hydrogens (tertiary/aromatic N) is 2. The fourth-order valence-corrected chi connectivity index (χ4v) is 1.83. The van der Waals surface area contributed by atoms with Crippen LogP contribution in [0.2, 0.25) is 0 Å². The number of aliphatic hydroxyl groups excluding tert-OH is 1. The lowest BCUT2D eigenvalue weighted by Gasteiger charge is -2.15. The summed E-state index contributed by atoms with van der Waals surface area (Å²) < 4.78 is 1.91. The van der Waals surface area contributed by atoms with E-state index in [1.807, 2.05) is 23.9 Å². The van der Waals surface area contributed by atoms with Gasteiger partial charge in [0.2, 0.25) is 0 Å². The molecule has 1 unspecified atom stereocenters. The maximum Gasteiger partial charge on any atom is 0.0712 e. The summed E-state index contributed by atoms with van der Waals surface area (Å²) in [6.45, 7) is 4.83. The molecular formula is C10H16N2O. The Balaban J connectivity index is 2.25. The summed E-state index contributed by atoms with van der Waals surface area (Å²) in [5.41, 5.74) is 1.05. The molecule has 1 aromatic rings. The molecule has 1 heterocycles. The van der Waals surface area contributed by atoms with Crippen molar-refractivity contribution < 1.29 is 5.11 Å². The molecule has 1 N–H and O–H groups in total. The minimum absolute atomic E-state index is 0.0135. The van der Waals surface area contributed by atoms with E-state index in [1.54, 1.807) is 0 Å². The first kappa shape index (κ1) is 8.75. The minimum Gasteiger partial charge on any atom is -0.392 e. The van der Waals surface area contributed by atoms with E-state index in [0.29, 0.717) is 0 Å². The van der Waals surface area contributed by atoms with Gasteiger partial charge in [-0.25, -0.2) is 0 Å². The fourth-order valence-electron chi connectivity index (χ4n) is 1.83. The second-order valence-corrected chi connectivity index (χ2v) is 3.89. The van der Waals surface area contributed by atoms with Crippen LogP contribution in [0.4, 0.5) is 0 Å². The van der Waals surface area contributed by atoms with Crippen molar-refractivity contribution in [2.75, 3.05) is 0 Å². The van der Waals surface area contributed by atoms with Crippen molar-refractivity contribution >= 4 is 0 Å². The molecule has 3 nitrogen and oxygen atoms in total. The van der Waals surface area contributed by atoms with E-state index in [9.17, 15) is 5.11 Å². The Morgan fingerprint density at radius 1 is 1.69 bits per heavy atom. The largest absolute Gasteiger partial charge is 0.392 e. The molecule has 0 saturated heterocycles. The van der Waals surface area contributed by atoms with Crippen molar-refractivity contribution in [2.24, 2.45) is 0 Å². The molecule has 72 valence electrons. The molecule has 0 bridgehead atoms. The molecule has 1 aromatic heterocycles. The monoisotopic (exact) mass is 180 g/mol. The molecule has 3 heteroatoms. The number of aliphatic hydroxyl groups is 1. The van der Waals surface area contributed by atoms with Crippen molar-refractivity contribution in [1.82, 2.24) is 9.78 Å². The van der Waals surface area contributed by atoms with Gasteiger partial charge in [-0.2, -0.15) is 5.10 Å². The average molecular weight is 180 g/mol. The Morgan fingerprint density at radius 2 is 2.38 bits per heavy atom. The van der Waals surface area contributed by atoms with Crippen LogP contribution in [-0.4, -0.2) is 21.0 Å². The van der Waals surface area contributed by atoms with E-state index in [2.05, 4.69) is 12.0 Å². The third kappa shape index (κ3) is 1.27. The zero-order valence-corrected chi connectivity index (χ0v) is 8.20. The standard InChI is InChI=1S/C10H16N2O/c1-3-12-7-4-9(11-12)10(5-6-10)8(2)13/h4,7-8,13H,3,5-6H2,1-2H3. The molecule has 1 atom stereocenters. The minimum atomic E-state index is -0.271. The van der Waals surface area contributed by atoms with Crippen LogP contribution in [-0.2, 0) is 12.0 Å². The second-order valence-electron chi connectivity index (χ2n) is 3.89. The van der Waals surface area contributed by atoms with Crippen LogP contribution in [0.3, 0.4) is 0 Å². The van der Waals surface area contributed by atoms with E-state index >= 15 is 0 Å². The Kier molecular flexibility index (Phi) is 1.91. The molecule has 0 radical (unpaired) electrons. The molecule has 0 spiro atoms. The van der Waals surface area contributed by atoms with Gasteiger partial charge in [0.15, 0.2) is 0 Å². The van der Waals surface area contributed by atoms with Crippen molar-refractivity contribution in [3.8, 4) is 0 Å². The number of aromatic nitrogens is 2. The highest BCUT2D eigenvalue weighted by atomic mass is 16.3. The summed E-state index contributed by atoms with van der Waals surface area (Å²) in [6.07, 6.45) is 3.86. The van der Waals surface area contributed by atoms with Gasteiger partial charge in [0.05, 0.1) is 11.8 Å². The van der Waals surface area contributed by atoms with Crippen LogP contribution >= 0.6 is 0 Å². The summed E-state index contributed by atoms with van der Waals surface area (Å²) in [7, 11) is 0. The van der Waals surface area contributed by atoms with Gasteiger partial charge in [0.25, 0.3) is 0 Å². The first-order valence-corrected chi connectivity index (χ1v) is 4.91. The summed E-state index contributed by atoms with van der Waals surface area (Å²) >= 11 is 0. The van der Waals surface area contributed by atoms with Gasteiger partial charge < -0.3 is 5.11 Å². The molecule has 1 saturated carbocycles. The lowest BCUT2D eigenvalue weighted by Crippen LogP contribution is -2.23. The Bertz CT molecular complexity index is 300. The summed E-state index contributed by atoms with van der Waals surface area (Å²) in [4.78, 5) is 0. The molecule has 13 heavy (non-hydrogen) atoms. The third-order valence-electron chi connectivity index (χ3n) is 3.06. The van der Waals surface area contributed by atoms with Crippen LogP contribution < -0.4 is 0 Å². The van der Waals surface area contributed by atoms with E-state index < -0.39 is 0 Å². The zero-order chi connectivity index (χ0) is 9.47. The maximum absolute atomic E-state index is 9.63. The second kappa shape index (κ2) is 2.84. The zero-order valence-electron chi connectivity index (χ0n) is 8.20. The topological polar surface area (TPSA) is 38.0 Å². The van der Waals surface area contributed by atoms with E-state index in [4.69, 9.17) is 0 Å². The molecule has 0 aliphatic heterocycles. The van der Waals surface area contributed by atoms with Gasteiger partial charge in [0, 0.05) is 18.2 Å². The first-order valence-electron chi connectivity index (χ1n) is 4.91. The lowest BCUT2D eigenvalue weighted by atomic mass is 9.97. The summed E-state index contributed by atoms with van der Waals surface area (Å²) in [5.74, 6) is 0. The highest BCUT2D eigenvalue weighted by Gasteiger charge is 2.50. The van der Waals surface area contributed by atoms with Gasteiger partial charge in [0.1, 0.15) is 0 Å². The Labute approximate surface area is 78.4 Å². The van der Waals surface area contributed by atoms with Crippen LogP contribution in [0.1, 0.15) is 32.4 Å². The highest BCUT2D eigenvalue weighted by Crippen LogP contribution is 2.50. The van der Waals surface area contributed by atoms with Crippen LogP contribution in [0.15, 0.2) is 12.3 Å². The molecule has 2 rings (SSSR count). The first-order chi connectivity index (χ1) is 6.19. The van der Waals surface area contributed by atoms with Crippen molar-refractivity contribution in [1.29, 1.82) is 0 Å². The normalized spacial score (nSPS) is 21.5. The van der Waals surface area contributed by atoms with E-state index in [1.165, 1.54) is 0 Å². The SMILES string of the molecule is CCn1ccc(C2(C(C)O)CC2)n1. The fraction of sp³-hybridized carbons (Fsp3) is 0.700. The summed E-state index contributed by atoms with van der Waals surface area (Å²) in [5, 5.41) is 14.1. The van der Waals surface area contributed by atoms with Crippen LogP contribution in [0, 0.1) is 0 Å². The lowest BCUT2D eigenvalue weighted by molar-refractivity contribution is 0.148. The predicted octanol–water partition coefficient (Wildman–Crippen LogP) is 1.32. The van der Waals surface area contributed by atoms with Gasteiger partial charge in [-0.1, -0.05) is 0 Å². The Hall–Kier alpha value is -0.830. The number of hydrogen-bond donors (Lipinski definition) is 1. The van der Waals surface area contributed by atoms with E-state index in [-0.39, 0.29) is 11.5 Å². The highest BCUT2D eigenvalue weighted by molar-refractivity contribution is 5.25. The predicted molar refractivity (Wildman–Crippen MR) is 50.5 cm³/mol. The summed E-state index contributed by atoms with van der Waals surface area (Å²) in [6, 6.07) is 2.03. The van der Waals surface area contributed by atoms with Gasteiger partial charge in [-0.15, -0.1) is 0 Å². The van der Waals surface area contributed by atoms with Crippen molar-refractivity contribution in [2.45, 2.75) is 44.8 Å². The van der Waals surface area contributed by atoms with Gasteiger partial charge in [-0.05, 0) is 32.8 Å². The van der Waals surface area contributed by atoms with Gasteiger partial charge in [-0.3, -0.25) is 4.68 Å². The number of rotatable bonds is 3. The molecule has 0 amide bonds. The molecule has 1 aliphatic carbocycles. The van der Waals surface area contributed by atoms with Crippen molar-refractivity contribution in [3.05, 3.63) is 18.0 Å². The third-order valence-corrected chi connectivity index (χ3v) is 3.06. The maximum atomic E-state index is 9.63. The number of hydrogen-bond acceptors (Lipinski definition) is 2. The molecular weight excluding hydrogens is 164 g/mol. The van der Waals surface area contributed by atoms with Crippen LogP contribution in [0.25, 0.3) is 0 Å². The smallest absolute Gasteiger partial charge is 0.0712 e.